The topological polar surface area (TPSA) is 173 Å². The van der Waals surface area contributed by atoms with Crippen LogP contribution in [0.3, 0.4) is 0 Å². The van der Waals surface area contributed by atoms with E-state index in [1.54, 1.807) is 0 Å². The Labute approximate surface area is 392 Å². The number of hydrogen-bond donors (Lipinski definition) is 4. The minimum atomic E-state index is -1.08. The molecule has 0 bridgehead atoms. The first kappa shape index (κ1) is 45.9. The molecule has 3 aliphatic heterocycles. The number of urea groups is 1. The molecule has 5 aromatic rings. The first-order valence-electron chi connectivity index (χ1n) is 23.1. The number of carbonyl (C=O) groups excluding carboxylic acids is 4. The van der Waals surface area contributed by atoms with E-state index in [1.807, 2.05) is 61.1 Å². The van der Waals surface area contributed by atoms with Crippen molar-refractivity contribution in [2.75, 3.05) is 49.6 Å². The number of piperidine rings is 1. The number of imide groups is 1. The third kappa shape index (κ3) is 8.54. The van der Waals surface area contributed by atoms with Gasteiger partial charge in [-0.15, -0.1) is 0 Å². The van der Waals surface area contributed by atoms with Gasteiger partial charge in [0.05, 0.1) is 28.9 Å². The molecular formula is C50H55ClF2N8O6. The van der Waals surface area contributed by atoms with Crippen LogP contribution in [0.15, 0.2) is 66.7 Å². The monoisotopic (exact) mass is 936 g/mol. The molecule has 67 heavy (non-hydrogen) atoms. The van der Waals surface area contributed by atoms with Crippen LogP contribution in [0.5, 0.6) is 11.5 Å². The third-order valence-electron chi connectivity index (χ3n) is 14.4. The van der Waals surface area contributed by atoms with Crippen LogP contribution in [0, 0.1) is 23.5 Å². The van der Waals surface area contributed by atoms with E-state index in [0.717, 1.165) is 67.3 Å². The normalized spacial score (nSPS) is 22.1. The van der Waals surface area contributed by atoms with E-state index in [-0.39, 0.29) is 70.0 Å². The molecule has 4 heterocycles. The number of nitrogens with two attached hydrogens (primary N) is 1. The molecule has 352 valence electrons. The summed E-state index contributed by atoms with van der Waals surface area (Å²) in [7, 11) is 3.17. The molecule has 5 N–H and O–H groups in total. The van der Waals surface area contributed by atoms with Crippen molar-refractivity contribution >= 4 is 57.8 Å². The molecule has 0 unspecified atom stereocenters. The Bertz CT molecular complexity index is 2740. The quantitative estimate of drug-likeness (QED) is 0.0924. The van der Waals surface area contributed by atoms with Gasteiger partial charge >= 0.3 is 6.03 Å². The fourth-order valence-electron chi connectivity index (χ4n) is 10.8. The number of para-hydroxylation sites is 1. The van der Waals surface area contributed by atoms with Gasteiger partial charge in [-0.25, -0.2) is 13.6 Å². The van der Waals surface area contributed by atoms with Crippen LogP contribution in [-0.2, 0) is 22.2 Å². The lowest BCUT2D eigenvalue weighted by Gasteiger charge is -2.37. The lowest BCUT2D eigenvalue weighted by molar-refractivity contribution is -0.126. The average Bonchev–Trinajstić information content (AvgIpc) is 3.81. The summed E-state index contributed by atoms with van der Waals surface area (Å²) < 4.78 is 45.8. The maximum atomic E-state index is 16.2. The second-order valence-corrected chi connectivity index (χ2v) is 18.6. The highest BCUT2D eigenvalue weighted by molar-refractivity contribution is 6.34. The number of anilines is 2. The predicted molar refractivity (Wildman–Crippen MR) is 252 cm³/mol. The van der Waals surface area contributed by atoms with Crippen molar-refractivity contribution < 1.29 is 37.4 Å². The zero-order chi connectivity index (χ0) is 47.1. The highest BCUT2D eigenvalue weighted by Gasteiger charge is 2.50. The molecular weight excluding hydrogens is 882 g/mol. The summed E-state index contributed by atoms with van der Waals surface area (Å²) in [5.74, 6) is -2.40. The summed E-state index contributed by atoms with van der Waals surface area (Å²) in [6, 6.07) is 19.1. The number of carbonyl (C=O) groups is 4. The SMILES string of the molecule is COc1ccc(C(N)=O)c(-c2c(Cl)c(F)cc3c2[C@H](C)[C@@](CNC2CCC(C(=O)NCCC4CCN(c5cccc6c(N7CCC(=O)NC7=O)nn(C)c56)CC4)CC2)(c2ccccc2)O3)c1F. The van der Waals surface area contributed by atoms with E-state index in [2.05, 4.69) is 26.9 Å². The van der Waals surface area contributed by atoms with Crippen molar-refractivity contribution in [1.82, 2.24) is 25.7 Å². The third-order valence-corrected chi connectivity index (χ3v) is 14.8. The van der Waals surface area contributed by atoms with Gasteiger partial charge in [-0.2, -0.15) is 5.10 Å². The number of nitrogens with zero attached hydrogens (tertiary/aromatic N) is 4. The van der Waals surface area contributed by atoms with Gasteiger partial charge in [0.15, 0.2) is 23.0 Å². The highest BCUT2D eigenvalue weighted by atomic mass is 35.5. The van der Waals surface area contributed by atoms with Crippen LogP contribution in [-0.4, -0.2) is 79.4 Å². The van der Waals surface area contributed by atoms with Crippen molar-refractivity contribution in [1.29, 1.82) is 0 Å². The molecule has 1 aromatic heterocycles. The van der Waals surface area contributed by atoms with E-state index in [9.17, 15) is 19.2 Å². The maximum absolute atomic E-state index is 16.2. The van der Waals surface area contributed by atoms with E-state index >= 15 is 8.78 Å². The number of halogens is 3. The summed E-state index contributed by atoms with van der Waals surface area (Å²) in [5.41, 5.74) is 7.49. The number of rotatable bonds is 13. The van der Waals surface area contributed by atoms with E-state index < -0.39 is 35.1 Å². The van der Waals surface area contributed by atoms with Gasteiger partial charge in [-0.05, 0) is 80.7 Å². The second-order valence-electron chi connectivity index (χ2n) is 18.2. The molecule has 2 saturated heterocycles. The molecule has 4 aliphatic rings. The Morgan fingerprint density at radius 1 is 0.985 bits per heavy atom. The number of aromatic nitrogens is 2. The maximum Gasteiger partial charge on any atom is 0.329 e. The van der Waals surface area contributed by atoms with E-state index in [1.165, 1.54) is 30.2 Å². The number of nitrogens with one attached hydrogen (secondary N) is 3. The van der Waals surface area contributed by atoms with Crippen molar-refractivity contribution in [3.8, 4) is 22.6 Å². The fraction of sp³-hybridized carbons (Fsp3) is 0.420. The number of primary amides is 1. The minimum absolute atomic E-state index is 0.00937. The number of methoxy groups -OCH3 is 1. The van der Waals surface area contributed by atoms with Gasteiger partial charge in [0.25, 0.3) is 0 Å². The van der Waals surface area contributed by atoms with E-state index in [4.69, 9.17) is 31.9 Å². The van der Waals surface area contributed by atoms with Gasteiger partial charge in [0.1, 0.15) is 11.6 Å². The van der Waals surface area contributed by atoms with Crippen LogP contribution in [0.4, 0.5) is 25.1 Å². The van der Waals surface area contributed by atoms with Crippen molar-refractivity contribution in [3.63, 3.8) is 0 Å². The Hall–Kier alpha value is -6.26. The molecule has 4 aromatic carbocycles. The van der Waals surface area contributed by atoms with Gasteiger partial charge in [-0.3, -0.25) is 29.3 Å². The van der Waals surface area contributed by atoms with E-state index in [0.29, 0.717) is 43.2 Å². The first-order chi connectivity index (χ1) is 32.3. The standard InChI is InChI=1S/C50H55ClF2N8O6/c1-28-40-38(26-35(52)43(51)42(40)41-33(46(54)63)16-17-37(66-3)44(41)53)67-50(28,31-8-5-4-6-9-31)27-56-32-14-12-30(13-15-32)48(64)55-22-18-29-19-23-60(24-20-29)36-11-7-10-34-45(36)59(2)58-47(34)61-25-21-39(62)57-49(61)65/h4-11,16-17,26,28-30,32,56H,12-15,18-25,27H2,1-3H3,(H2,54,63)(H,55,64)(H,57,62,65)/t28-,30?,32?,50-/m0/s1. The van der Waals surface area contributed by atoms with Crippen molar-refractivity contribution in [2.45, 2.75) is 75.9 Å². The molecule has 1 saturated carbocycles. The van der Waals surface area contributed by atoms with Gasteiger partial charge in [-0.1, -0.05) is 54.9 Å². The Morgan fingerprint density at radius 3 is 2.43 bits per heavy atom. The molecule has 5 amide bonds. The summed E-state index contributed by atoms with van der Waals surface area (Å²) in [6.07, 6.45) is 6.06. The zero-order valence-electron chi connectivity index (χ0n) is 37.8. The van der Waals surface area contributed by atoms with Gasteiger partial charge < -0.3 is 30.7 Å². The minimum Gasteiger partial charge on any atom is -0.494 e. The van der Waals surface area contributed by atoms with Gasteiger partial charge in [0, 0.05) is 92.2 Å². The number of aryl methyl sites for hydroxylation is 1. The Balaban J connectivity index is 0.803. The number of benzene rings is 4. The number of amides is 5. The Morgan fingerprint density at radius 2 is 1.73 bits per heavy atom. The van der Waals surface area contributed by atoms with Crippen LogP contribution in [0.25, 0.3) is 22.0 Å². The predicted octanol–water partition coefficient (Wildman–Crippen LogP) is 7.69. The summed E-state index contributed by atoms with van der Waals surface area (Å²) >= 11 is 6.68. The van der Waals surface area contributed by atoms with Gasteiger partial charge in [0.2, 0.25) is 17.7 Å². The largest absolute Gasteiger partial charge is 0.494 e. The van der Waals surface area contributed by atoms with Crippen LogP contribution in [0.2, 0.25) is 5.02 Å². The molecule has 14 nitrogen and oxygen atoms in total. The van der Waals surface area contributed by atoms with Crippen molar-refractivity contribution in [3.05, 3.63) is 100 Å². The lowest BCUT2D eigenvalue weighted by atomic mass is 9.77. The average molecular weight is 937 g/mol. The molecule has 3 fully saturated rings. The first-order valence-corrected chi connectivity index (χ1v) is 23.4. The number of hydrogen-bond acceptors (Lipinski definition) is 9. The number of fused-ring (bicyclic) bond motifs is 2. The molecule has 0 spiro atoms. The van der Waals surface area contributed by atoms with Crippen LogP contribution < -0.4 is 41.0 Å². The molecule has 1 aliphatic carbocycles. The summed E-state index contributed by atoms with van der Waals surface area (Å²) in [5, 5.41) is 14.5. The van der Waals surface area contributed by atoms with Crippen molar-refractivity contribution in [2.24, 2.45) is 24.6 Å². The fourth-order valence-corrected chi connectivity index (χ4v) is 11.0. The lowest BCUT2D eigenvalue weighted by Crippen LogP contribution is -2.49. The zero-order valence-corrected chi connectivity index (χ0v) is 38.6. The smallest absolute Gasteiger partial charge is 0.329 e. The molecule has 0 radical (unpaired) electrons. The molecule has 17 heteroatoms. The van der Waals surface area contributed by atoms with Crippen LogP contribution in [0.1, 0.15) is 85.7 Å². The van der Waals surface area contributed by atoms with Crippen LogP contribution >= 0.6 is 11.6 Å². The Kier molecular flexibility index (Phi) is 12.9. The second kappa shape index (κ2) is 18.8. The molecule has 2 atom stereocenters. The molecule has 9 rings (SSSR count). The summed E-state index contributed by atoms with van der Waals surface area (Å²) in [6.45, 7) is 4.86. The summed E-state index contributed by atoms with van der Waals surface area (Å²) in [4.78, 5) is 54.4. The highest BCUT2D eigenvalue weighted by Crippen LogP contribution is 2.56. The number of ether oxygens (including phenoxy) is 2.